The monoisotopic (exact) mass is 268 g/mol. The molecule has 1 amide bonds. The van der Waals surface area contributed by atoms with Crippen molar-refractivity contribution >= 4 is 23.1 Å². The van der Waals surface area contributed by atoms with E-state index in [0.29, 0.717) is 24.8 Å². The summed E-state index contributed by atoms with van der Waals surface area (Å²) in [6.45, 7) is 0. The summed E-state index contributed by atoms with van der Waals surface area (Å²) in [6, 6.07) is 4.76. The van der Waals surface area contributed by atoms with Gasteiger partial charge in [-0.1, -0.05) is 29.8 Å². The van der Waals surface area contributed by atoms with E-state index in [9.17, 15) is 9.18 Å². The van der Waals surface area contributed by atoms with E-state index in [2.05, 4.69) is 5.43 Å². The lowest BCUT2D eigenvalue weighted by molar-refractivity contribution is -0.125. The number of hydrazine groups is 1. The predicted octanol–water partition coefficient (Wildman–Crippen LogP) is 2.65. The van der Waals surface area contributed by atoms with Crippen LogP contribution >= 0.6 is 11.6 Å². The number of nitrogens with one attached hydrogen (secondary N) is 1. The lowest BCUT2D eigenvalue weighted by Crippen LogP contribution is -2.36. The Hall–Kier alpha value is -1.39. The van der Waals surface area contributed by atoms with E-state index in [1.165, 1.54) is 6.07 Å². The average molecular weight is 269 g/mol. The maximum Gasteiger partial charge on any atom is 0.237 e. The predicted molar refractivity (Wildman–Crippen MR) is 69.1 cm³/mol. The SMILES string of the molecule is NNC(=O)[C@@H]1CC=C(c2cccc(F)c2Cl)CC1. The summed E-state index contributed by atoms with van der Waals surface area (Å²) in [5, 5.41) is 0.144. The van der Waals surface area contributed by atoms with Gasteiger partial charge in [-0.15, -0.1) is 0 Å². The summed E-state index contributed by atoms with van der Waals surface area (Å²) in [7, 11) is 0. The molecule has 0 saturated carbocycles. The molecule has 0 aromatic heterocycles. The molecule has 1 aliphatic carbocycles. The Kier molecular flexibility index (Phi) is 3.99. The highest BCUT2D eigenvalue weighted by Crippen LogP contribution is 2.34. The van der Waals surface area contributed by atoms with Crippen molar-refractivity contribution in [1.82, 2.24) is 5.43 Å². The first-order valence-corrected chi connectivity index (χ1v) is 6.15. The molecule has 0 unspecified atom stereocenters. The fourth-order valence-electron chi connectivity index (χ4n) is 2.19. The zero-order valence-electron chi connectivity index (χ0n) is 9.75. The van der Waals surface area contributed by atoms with Crippen LogP contribution in [0.25, 0.3) is 5.57 Å². The van der Waals surface area contributed by atoms with E-state index in [4.69, 9.17) is 17.4 Å². The van der Waals surface area contributed by atoms with E-state index < -0.39 is 5.82 Å². The van der Waals surface area contributed by atoms with E-state index in [0.717, 1.165) is 5.57 Å². The second kappa shape index (κ2) is 5.50. The molecule has 0 radical (unpaired) electrons. The van der Waals surface area contributed by atoms with Gasteiger partial charge in [0.25, 0.3) is 0 Å². The van der Waals surface area contributed by atoms with Crippen LogP contribution in [0.3, 0.4) is 0 Å². The van der Waals surface area contributed by atoms with Gasteiger partial charge < -0.3 is 0 Å². The Balaban J connectivity index is 2.19. The molecule has 96 valence electrons. The van der Waals surface area contributed by atoms with Crippen molar-refractivity contribution in [3.8, 4) is 0 Å². The number of nitrogens with two attached hydrogens (primary N) is 1. The van der Waals surface area contributed by atoms with Gasteiger partial charge in [-0.2, -0.15) is 0 Å². The average Bonchev–Trinajstić information content (AvgIpc) is 2.41. The van der Waals surface area contributed by atoms with Gasteiger partial charge in [0.05, 0.1) is 5.02 Å². The zero-order valence-corrected chi connectivity index (χ0v) is 10.5. The van der Waals surface area contributed by atoms with Crippen LogP contribution in [0.2, 0.25) is 5.02 Å². The molecule has 0 bridgehead atoms. The fraction of sp³-hybridized carbons (Fsp3) is 0.308. The number of amides is 1. The third-order valence-corrected chi connectivity index (χ3v) is 3.61. The summed E-state index contributed by atoms with van der Waals surface area (Å²) in [5.41, 5.74) is 3.85. The van der Waals surface area contributed by atoms with E-state index in [1.54, 1.807) is 12.1 Å². The number of allylic oxidation sites excluding steroid dienone is 2. The molecule has 3 nitrogen and oxygen atoms in total. The maximum atomic E-state index is 13.4. The molecule has 0 fully saturated rings. The van der Waals surface area contributed by atoms with E-state index in [-0.39, 0.29) is 16.8 Å². The van der Waals surface area contributed by atoms with Crippen molar-refractivity contribution in [2.75, 3.05) is 0 Å². The standard InChI is InChI=1S/C13H14ClFN2O/c14-12-10(2-1-3-11(12)15)8-4-6-9(7-5-8)13(18)17-16/h1-4,9H,5-7,16H2,(H,17,18)/t9-/m1/s1. The maximum absolute atomic E-state index is 13.4. The Morgan fingerprint density at radius 1 is 1.50 bits per heavy atom. The zero-order chi connectivity index (χ0) is 13.1. The van der Waals surface area contributed by atoms with Crippen molar-refractivity contribution < 1.29 is 9.18 Å². The lowest BCUT2D eigenvalue weighted by Gasteiger charge is -2.21. The van der Waals surface area contributed by atoms with Gasteiger partial charge in [0.1, 0.15) is 5.82 Å². The van der Waals surface area contributed by atoms with Crippen molar-refractivity contribution in [2.45, 2.75) is 19.3 Å². The smallest absolute Gasteiger partial charge is 0.237 e. The molecular weight excluding hydrogens is 255 g/mol. The highest BCUT2D eigenvalue weighted by Gasteiger charge is 2.22. The van der Waals surface area contributed by atoms with Gasteiger partial charge in [0.2, 0.25) is 5.91 Å². The van der Waals surface area contributed by atoms with Crippen LogP contribution in [0.4, 0.5) is 4.39 Å². The molecular formula is C13H14ClFN2O. The first kappa shape index (κ1) is 13.1. The van der Waals surface area contributed by atoms with Crippen LogP contribution in [0.5, 0.6) is 0 Å². The molecule has 1 aromatic rings. The number of carbonyl (C=O) groups excluding carboxylic acids is 1. The number of hydrogen-bond acceptors (Lipinski definition) is 2. The summed E-state index contributed by atoms with van der Waals surface area (Å²) < 4.78 is 13.4. The summed E-state index contributed by atoms with van der Waals surface area (Å²) in [4.78, 5) is 11.4. The molecule has 2 rings (SSSR count). The highest BCUT2D eigenvalue weighted by atomic mass is 35.5. The molecule has 0 spiro atoms. The fourth-order valence-corrected chi connectivity index (χ4v) is 2.43. The van der Waals surface area contributed by atoms with E-state index >= 15 is 0 Å². The van der Waals surface area contributed by atoms with Crippen LogP contribution in [0.15, 0.2) is 24.3 Å². The first-order valence-electron chi connectivity index (χ1n) is 5.77. The summed E-state index contributed by atoms with van der Waals surface area (Å²) in [5.74, 6) is 4.42. The number of benzene rings is 1. The topological polar surface area (TPSA) is 55.1 Å². The van der Waals surface area contributed by atoms with Crippen molar-refractivity contribution in [3.63, 3.8) is 0 Å². The number of carbonyl (C=O) groups is 1. The summed E-state index contributed by atoms with van der Waals surface area (Å²) in [6.07, 6.45) is 3.93. The molecule has 1 atom stereocenters. The highest BCUT2D eigenvalue weighted by molar-refractivity contribution is 6.32. The van der Waals surface area contributed by atoms with E-state index in [1.807, 2.05) is 6.08 Å². The number of halogens is 2. The summed E-state index contributed by atoms with van der Waals surface area (Å²) >= 11 is 5.94. The van der Waals surface area contributed by atoms with Crippen LogP contribution in [0, 0.1) is 11.7 Å². The van der Waals surface area contributed by atoms with Crippen LogP contribution in [-0.2, 0) is 4.79 Å². The minimum absolute atomic E-state index is 0.105. The minimum Gasteiger partial charge on any atom is -0.294 e. The molecule has 0 heterocycles. The first-order chi connectivity index (χ1) is 8.63. The third-order valence-electron chi connectivity index (χ3n) is 3.22. The van der Waals surface area contributed by atoms with Gasteiger partial charge in [0, 0.05) is 5.92 Å². The molecule has 0 aliphatic heterocycles. The minimum atomic E-state index is -0.420. The number of rotatable bonds is 2. The largest absolute Gasteiger partial charge is 0.294 e. The van der Waals surface area contributed by atoms with Crippen LogP contribution in [-0.4, -0.2) is 5.91 Å². The molecule has 5 heteroatoms. The van der Waals surface area contributed by atoms with Gasteiger partial charge in [-0.05, 0) is 36.5 Å². The van der Waals surface area contributed by atoms with Crippen molar-refractivity contribution in [3.05, 3.63) is 40.7 Å². The Morgan fingerprint density at radius 3 is 2.89 bits per heavy atom. The third kappa shape index (κ3) is 2.54. The lowest BCUT2D eigenvalue weighted by atomic mass is 9.86. The molecule has 1 aromatic carbocycles. The van der Waals surface area contributed by atoms with Crippen molar-refractivity contribution in [1.29, 1.82) is 0 Å². The molecule has 3 N–H and O–H groups in total. The Bertz CT molecular complexity index is 502. The molecule has 18 heavy (non-hydrogen) atoms. The van der Waals surface area contributed by atoms with Gasteiger partial charge in [-0.25, -0.2) is 10.2 Å². The Morgan fingerprint density at radius 2 is 2.28 bits per heavy atom. The molecule has 0 saturated heterocycles. The van der Waals surface area contributed by atoms with Crippen molar-refractivity contribution in [2.24, 2.45) is 11.8 Å². The second-order valence-electron chi connectivity index (χ2n) is 4.31. The normalized spacial score (nSPS) is 19.3. The van der Waals surface area contributed by atoms with Gasteiger partial charge in [0.15, 0.2) is 0 Å². The van der Waals surface area contributed by atoms with Crippen LogP contribution < -0.4 is 11.3 Å². The number of hydrogen-bond donors (Lipinski definition) is 2. The van der Waals surface area contributed by atoms with Crippen LogP contribution in [0.1, 0.15) is 24.8 Å². The van der Waals surface area contributed by atoms with Gasteiger partial charge >= 0.3 is 0 Å². The Labute approximate surface area is 110 Å². The van der Waals surface area contributed by atoms with Gasteiger partial charge in [-0.3, -0.25) is 10.2 Å². The molecule has 1 aliphatic rings. The quantitative estimate of drug-likeness (QED) is 0.492. The second-order valence-corrected chi connectivity index (χ2v) is 4.69.